The van der Waals surface area contributed by atoms with E-state index in [0.717, 1.165) is 6.42 Å². The maximum atomic E-state index is 12.6. The fourth-order valence-electron chi connectivity index (χ4n) is 2.98. The number of benzene rings is 2. The van der Waals surface area contributed by atoms with Crippen molar-refractivity contribution in [1.29, 1.82) is 0 Å². The average molecular weight is 408 g/mol. The molecule has 0 fully saturated rings. The summed E-state index contributed by atoms with van der Waals surface area (Å²) >= 11 is 0. The summed E-state index contributed by atoms with van der Waals surface area (Å²) in [6.07, 6.45) is 2.33. The number of methoxy groups -OCH3 is 1. The molecular formula is C23H24N2O5. The van der Waals surface area contributed by atoms with Crippen molar-refractivity contribution in [2.45, 2.75) is 20.3 Å². The minimum absolute atomic E-state index is 0.231. The Balaban J connectivity index is 2.17. The van der Waals surface area contributed by atoms with Crippen LogP contribution in [0.4, 0.5) is 11.4 Å². The average Bonchev–Trinajstić information content (AvgIpc) is 2.77. The molecule has 3 aromatic rings. The fraction of sp³-hybridized carbons (Fsp3) is 0.261. The number of nitrogens with zero attached hydrogens (tertiary/aromatic N) is 1. The topological polar surface area (TPSA) is 86.8 Å². The first-order valence-corrected chi connectivity index (χ1v) is 9.76. The molecule has 0 aliphatic carbocycles. The van der Waals surface area contributed by atoms with Crippen molar-refractivity contribution in [3.63, 3.8) is 0 Å². The number of hydrogen-bond donors (Lipinski definition) is 1. The number of fused-ring (bicyclic) bond motifs is 1. The summed E-state index contributed by atoms with van der Waals surface area (Å²) in [5.74, 6) is -0.330. The molecule has 30 heavy (non-hydrogen) atoms. The lowest BCUT2D eigenvalue weighted by molar-refractivity contribution is 0.0526. The largest absolute Gasteiger partial charge is 0.491 e. The zero-order valence-electron chi connectivity index (χ0n) is 17.2. The second kappa shape index (κ2) is 9.73. The number of rotatable bonds is 8. The molecule has 0 aliphatic heterocycles. The van der Waals surface area contributed by atoms with E-state index in [2.05, 4.69) is 10.3 Å². The van der Waals surface area contributed by atoms with E-state index < -0.39 is 11.9 Å². The summed E-state index contributed by atoms with van der Waals surface area (Å²) in [4.78, 5) is 29.0. The molecule has 2 aromatic carbocycles. The second-order valence-corrected chi connectivity index (χ2v) is 6.46. The molecule has 3 rings (SSSR count). The molecule has 0 spiro atoms. The number of anilines is 2. The Morgan fingerprint density at radius 1 is 1.07 bits per heavy atom. The molecule has 7 nitrogen and oxygen atoms in total. The minimum Gasteiger partial charge on any atom is -0.491 e. The quantitative estimate of drug-likeness (QED) is 0.539. The van der Waals surface area contributed by atoms with Crippen molar-refractivity contribution in [2.75, 3.05) is 25.6 Å². The van der Waals surface area contributed by atoms with Crippen LogP contribution in [-0.2, 0) is 9.47 Å². The highest BCUT2D eigenvalue weighted by atomic mass is 16.5. The van der Waals surface area contributed by atoms with Crippen molar-refractivity contribution in [3.05, 3.63) is 59.8 Å². The SMILES string of the molecule is CCCOc1ccccc1Nc1c(C(=O)OCC)cnc2ccc(C(=O)OC)cc12. The minimum atomic E-state index is -0.509. The van der Waals surface area contributed by atoms with E-state index in [1.54, 1.807) is 25.1 Å². The molecule has 156 valence electrons. The number of hydrogen-bond acceptors (Lipinski definition) is 7. The van der Waals surface area contributed by atoms with Gasteiger partial charge in [0.05, 0.1) is 42.8 Å². The van der Waals surface area contributed by atoms with Gasteiger partial charge in [-0.2, -0.15) is 0 Å². The van der Waals surface area contributed by atoms with Crippen molar-refractivity contribution >= 4 is 34.2 Å². The number of ether oxygens (including phenoxy) is 3. The zero-order valence-corrected chi connectivity index (χ0v) is 17.2. The molecule has 0 bridgehead atoms. The lowest BCUT2D eigenvalue weighted by Crippen LogP contribution is -2.10. The lowest BCUT2D eigenvalue weighted by atomic mass is 10.1. The summed E-state index contributed by atoms with van der Waals surface area (Å²) in [7, 11) is 1.32. The standard InChI is InChI=1S/C23H24N2O5/c1-4-12-30-20-9-7-6-8-19(20)25-21-16-13-15(22(26)28-3)10-11-18(16)24-14-17(21)23(27)29-5-2/h6-11,13-14H,4-5,12H2,1-3H3,(H,24,25). The highest BCUT2D eigenvalue weighted by Crippen LogP contribution is 2.34. The maximum Gasteiger partial charge on any atom is 0.341 e. The van der Waals surface area contributed by atoms with Gasteiger partial charge in [0.15, 0.2) is 0 Å². The predicted octanol–water partition coefficient (Wildman–Crippen LogP) is 4.73. The molecular weight excluding hydrogens is 384 g/mol. The van der Waals surface area contributed by atoms with Gasteiger partial charge < -0.3 is 19.5 Å². The summed E-state index contributed by atoms with van der Waals surface area (Å²) in [5, 5.41) is 3.89. The van der Waals surface area contributed by atoms with Crippen molar-refractivity contribution in [1.82, 2.24) is 4.98 Å². The van der Waals surface area contributed by atoms with Crippen LogP contribution in [-0.4, -0.2) is 37.2 Å². The smallest absolute Gasteiger partial charge is 0.341 e. The van der Waals surface area contributed by atoms with Crippen LogP contribution >= 0.6 is 0 Å². The van der Waals surface area contributed by atoms with E-state index in [4.69, 9.17) is 14.2 Å². The molecule has 0 atom stereocenters. The molecule has 1 heterocycles. The molecule has 1 aromatic heterocycles. The van der Waals surface area contributed by atoms with E-state index in [-0.39, 0.29) is 12.2 Å². The maximum absolute atomic E-state index is 12.6. The lowest BCUT2D eigenvalue weighted by Gasteiger charge is -2.17. The number of pyridine rings is 1. The van der Waals surface area contributed by atoms with Gasteiger partial charge in [-0.1, -0.05) is 19.1 Å². The van der Waals surface area contributed by atoms with E-state index in [1.807, 2.05) is 31.2 Å². The molecule has 0 unspecified atom stereocenters. The number of carbonyl (C=O) groups excluding carboxylic acids is 2. The highest BCUT2D eigenvalue weighted by molar-refractivity contribution is 6.08. The third-order valence-electron chi connectivity index (χ3n) is 4.39. The third kappa shape index (κ3) is 4.51. The molecule has 7 heteroatoms. The van der Waals surface area contributed by atoms with Crippen molar-refractivity contribution < 1.29 is 23.8 Å². The van der Waals surface area contributed by atoms with Gasteiger partial charge in [0, 0.05) is 11.6 Å². The summed E-state index contributed by atoms with van der Waals surface area (Å²) in [5.41, 5.74) is 2.40. The van der Waals surface area contributed by atoms with Crippen LogP contribution in [0.25, 0.3) is 10.9 Å². The van der Waals surface area contributed by atoms with E-state index in [0.29, 0.717) is 40.2 Å². The van der Waals surface area contributed by atoms with Crippen LogP contribution in [0, 0.1) is 0 Å². The molecule has 0 saturated carbocycles. The Morgan fingerprint density at radius 3 is 2.60 bits per heavy atom. The summed E-state index contributed by atoms with van der Waals surface area (Å²) in [6, 6.07) is 12.4. The van der Waals surface area contributed by atoms with Gasteiger partial charge in [-0.25, -0.2) is 9.59 Å². The van der Waals surface area contributed by atoms with Gasteiger partial charge in [0.1, 0.15) is 11.3 Å². The van der Waals surface area contributed by atoms with Gasteiger partial charge in [-0.05, 0) is 43.7 Å². The first kappa shape index (κ1) is 21.1. The Kier molecular flexibility index (Phi) is 6.85. The van der Waals surface area contributed by atoms with Gasteiger partial charge in [0.2, 0.25) is 0 Å². The van der Waals surface area contributed by atoms with Crippen LogP contribution in [0.2, 0.25) is 0 Å². The highest BCUT2D eigenvalue weighted by Gasteiger charge is 2.19. The number of carbonyl (C=O) groups is 2. The molecule has 0 aliphatic rings. The zero-order chi connectivity index (χ0) is 21.5. The Bertz CT molecular complexity index is 1060. The van der Waals surface area contributed by atoms with E-state index >= 15 is 0 Å². The monoisotopic (exact) mass is 408 g/mol. The summed E-state index contributed by atoms with van der Waals surface area (Å²) < 4.78 is 15.9. The van der Waals surface area contributed by atoms with Gasteiger partial charge in [0.25, 0.3) is 0 Å². The normalized spacial score (nSPS) is 10.5. The van der Waals surface area contributed by atoms with Gasteiger partial charge >= 0.3 is 11.9 Å². The van der Waals surface area contributed by atoms with Crippen LogP contribution in [0.1, 0.15) is 41.0 Å². The van der Waals surface area contributed by atoms with E-state index in [1.165, 1.54) is 13.3 Å². The molecule has 1 N–H and O–H groups in total. The summed E-state index contributed by atoms with van der Waals surface area (Å²) in [6.45, 7) is 4.56. The number of aromatic nitrogens is 1. The van der Waals surface area contributed by atoms with Crippen molar-refractivity contribution in [2.24, 2.45) is 0 Å². The number of esters is 2. The third-order valence-corrected chi connectivity index (χ3v) is 4.39. The van der Waals surface area contributed by atoms with Gasteiger partial charge in [-0.3, -0.25) is 4.98 Å². The van der Waals surface area contributed by atoms with Gasteiger partial charge in [-0.15, -0.1) is 0 Å². The molecule has 0 radical (unpaired) electrons. The number of nitrogens with one attached hydrogen (secondary N) is 1. The molecule has 0 amide bonds. The molecule has 0 saturated heterocycles. The van der Waals surface area contributed by atoms with Crippen LogP contribution in [0.3, 0.4) is 0 Å². The number of para-hydroxylation sites is 2. The Labute approximate surface area is 175 Å². The van der Waals surface area contributed by atoms with Crippen LogP contribution in [0.15, 0.2) is 48.7 Å². The predicted molar refractivity (Wildman–Crippen MR) is 115 cm³/mol. The fourth-order valence-corrected chi connectivity index (χ4v) is 2.98. The Hall–Kier alpha value is -3.61. The van der Waals surface area contributed by atoms with Crippen LogP contribution < -0.4 is 10.1 Å². The van der Waals surface area contributed by atoms with Crippen molar-refractivity contribution in [3.8, 4) is 5.75 Å². The van der Waals surface area contributed by atoms with E-state index in [9.17, 15) is 9.59 Å². The second-order valence-electron chi connectivity index (χ2n) is 6.46. The Morgan fingerprint density at radius 2 is 1.87 bits per heavy atom. The van der Waals surface area contributed by atoms with Crippen LogP contribution in [0.5, 0.6) is 5.75 Å². The first-order chi connectivity index (χ1) is 14.6. The first-order valence-electron chi connectivity index (χ1n) is 9.76.